The normalized spacial score (nSPS) is 11.2. The molecule has 0 atom stereocenters. The van der Waals surface area contributed by atoms with E-state index in [1.54, 1.807) is 0 Å². The van der Waals surface area contributed by atoms with Gasteiger partial charge in [-0.25, -0.2) is 18.0 Å². The number of hydrogen-bond acceptors (Lipinski definition) is 8. The van der Waals surface area contributed by atoms with Gasteiger partial charge in [-0.05, 0) is 24.3 Å². The molecule has 25 heavy (non-hydrogen) atoms. The number of rotatable bonds is 4. The Labute approximate surface area is 141 Å². The molecule has 0 aliphatic heterocycles. The minimum Gasteiger partial charge on any atom is -0.478 e. The van der Waals surface area contributed by atoms with E-state index in [1.165, 1.54) is 0 Å². The highest BCUT2D eigenvalue weighted by Crippen LogP contribution is 2.38. The lowest BCUT2D eigenvalue weighted by Crippen LogP contribution is -2.18. The Hall–Kier alpha value is -3.47. The van der Waals surface area contributed by atoms with Gasteiger partial charge < -0.3 is 33.1 Å². The lowest BCUT2D eigenvalue weighted by molar-refractivity contribution is 0.0683. The Morgan fingerprint density at radius 3 is 1.32 bits per heavy atom. The van der Waals surface area contributed by atoms with Crippen molar-refractivity contribution in [2.45, 2.75) is 9.79 Å². The highest BCUT2D eigenvalue weighted by atomic mass is 32.2. The highest BCUT2D eigenvalue weighted by Gasteiger charge is 2.34. The van der Waals surface area contributed by atoms with Gasteiger partial charge in [-0.2, -0.15) is 0 Å². The van der Waals surface area contributed by atoms with E-state index in [4.69, 9.17) is 22.9 Å². The van der Waals surface area contributed by atoms with Crippen LogP contribution in [0.5, 0.6) is 0 Å². The number of benzene rings is 2. The lowest BCUT2D eigenvalue weighted by atomic mass is 10.1. The van der Waals surface area contributed by atoms with Crippen molar-refractivity contribution in [2.24, 2.45) is 0 Å². The van der Waals surface area contributed by atoms with Gasteiger partial charge in [0.1, 0.15) is 9.79 Å². The Bertz CT molecular complexity index is 941. The molecule has 0 radical (unpaired) electrons. The van der Waals surface area contributed by atoms with Crippen LogP contribution in [0.2, 0.25) is 0 Å². The van der Waals surface area contributed by atoms with Gasteiger partial charge in [0, 0.05) is 0 Å². The van der Waals surface area contributed by atoms with E-state index in [9.17, 15) is 28.2 Å². The summed E-state index contributed by atoms with van der Waals surface area (Å²) in [6.45, 7) is 0. The van der Waals surface area contributed by atoms with E-state index >= 15 is 0 Å². The van der Waals surface area contributed by atoms with Gasteiger partial charge in [0.2, 0.25) is 9.84 Å². The minimum atomic E-state index is -4.77. The molecule has 0 bridgehead atoms. The molecule has 2 aromatic carbocycles. The molecule has 0 spiro atoms. The molecule has 0 unspecified atom stereocenters. The van der Waals surface area contributed by atoms with Gasteiger partial charge in [-0.1, -0.05) is 0 Å². The zero-order valence-electron chi connectivity index (χ0n) is 12.6. The van der Waals surface area contributed by atoms with Crippen LogP contribution >= 0.6 is 0 Å². The topological polar surface area (TPSA) is 213 Å². The Morgan fingerprint density at radius 1 is 0.720 bits per heavy atom. The maximum Gasteiger partial charge on any atom is 0.337 e. The van der Waals surface area contributed by atoms with Crippen LogP contribution in [0.15, 0.2) is 34.1 Å². The first-order chi connectivity index (χ1) is 11.5. The number of carboxylic acid groups (broad SMARTS) is 2. The first-order valence-corrected chi connectivity index (χ1v) is 8.06. The summed E-state index contributed by atoms with van der Waals surface area (Å²) in [5.74, 6) is -3.19. The molecule has 0 aliphatic rings. The van der Waals surface area contributed by atoms with Gasteiger partial charge in [-0.3, -0.25) is 0 Å². The second-order valence-corrected chi connectivity index (χ2v) is 6.83. The summed E-state index contributed by atoms with van der Waals surface area (Å²) >= 11 is 0. The lowest BCUT2D eigenvalue weighted by Gasteiger charge is -2.16. The smallest absolute Gasteiger partial charge is 0.337 e. The van der Waals surface area contributed by atoms with Crippen molar-refractivity contribution in [3.63, 3.8) is 0 Å². The molecule has 132 valence electrons. The van der Waals surface area contributed by atoms with Crippen molar-refractivity contribution < 1.29 is 28.2 Å². The number of sulfone groups is 1. The fourth-order valence-corrected chi connectivity index (χ4v) is 4.16. The molecule has 0 heterocycles. The third-order valence-corrected chi connectivity index (χ3v) is 5.41. The monoisotopic (exact) mass is 366 g/mol. The van der Waals surface area contributed by atoms with Gasteiger partial charge in [0.25, 0.3) is 0 Å². The quantitative estimate of drug-likeness (QED) is 0.405. The molecular weight excluding hydrogens is 352 g/mol. The molecule has 11 heteroatoms. The Morgan fingerprint density at radius 2 is 1.04 bits per heavy atom. The fourth-order valence-electron chi connectivity index (χ4n) is 2.25. The number of aromatic carboxylic acids is 2. The molecule has 0 saturated carbocycles. The average Bonchev–Trinajstić information content (AvgIpc) is 2.51. The minimum absolute atomic E-state index is 0.192. The number of nitrogens with two attached hydrogens (primary N) is 4. The predicted molar refractivity (Wildman–Crippen MR) is 89.9 cm³/mol. The molecule has 2 rings (SSSR count). The van der Waals surface area contributed by atoms with E-state index in [2.05, 4.69) is 0 Å². The Balaban J connectivity index is 3.01. The maximum absolute atomic E-state index is 13.0. The van der Waals surface area contributed by atoms with Gasteiger partial charge in [-0.15, -0.1) is 0 Å². The van der Waals surface area contributed by atoms with E-state index < -0.39 is 54.1 Å². The molecule has 0 amide bonds. The average molecular weight is 366 g/mol. The number of carboxylic acids is 2. The van der Waals surface area contributed by atoms with Crippen molar-refractivity contribution in [3.8, 4) is 0 Å². The molecule has 10 N–H and O–H groups in total. The third kappa shape index (κ3) is 2.76. The first-order valence-electron chi connectivity index (χ1n) is 6.57. The van der Waals surface area contributed by atoms with E-state index in [0.29, 0.717) is 0 Å². The van der Waals surface area contributed by atoms with Crippen molar-refractivity contribution in [1.82, 2.24) is 0 Å². The standard InChI is InChI=1S/C14H14N4O6S/c15-7-3-1-5(13(19)20)11(9(7)17)25(23,24)12-6(14(21)22)2-4-8(16)10(12)18/h1-4H,15-18H2,(H,19,20)(H,21,22). The number of carbonyl (C=O) groups is 2. The third-order valence-electron chi connectivity index (χ3n) is 3.46. The van der Waals surface area contributed by atoms with E-state index in [-0.39, 0.29) is 11.4 Å². The van der Waals surface area contributed by atoms with Gasteiger partial charge >= 0.3 is 11.9 Å². The molecule has 0 aromatic heterocycles. The second kappa shape index (κ2) is 5.87. The predicted octanol–water partition coefficient (Wildman–Crippen LogP) is 0.245. The summed E-state index contributed by atoms with van der Waals surface area (Å²) in [5.41, 5.74) is 19.7. The number of anilines is 4. The van der Waals surface area contributed by atoms with Crippen LogP contribution in [0.25, 0.3) is 0 Å². The largest absolute Gasteiger partial charge is 0.478 e. The van der Waals surface area contributed by atoms with Gasteiger partial charge in [0.15, 0.2) is 0 Å². The molecule has 10 nitrogen and oxygen atoms in total. The van der Waals surface area contributed by atoms with Crippen molar-refractivity contribution in [3.05, 3.63) is 35.4 Å². The first kappa shape index (κ1) is 17.9. The van der Waals surface area contributed by atoms with E-state index in [1.807, 2.05) is 0 Å². The van der Waals surface area contributed by atoms with Crippen molar-refractivity contribution in [2.75, 3.05) is 22.9 Å². The molecule has 0 fully saturated rings. The summed E-state index contributed by atoms with van der Waals surface area (Å²) < 4.78 is 26.1. The molecule has 0 saturated heterocycles. The van der Waals surface area contributed by atoms with Crippen LogP contribution in [0.4, 0.5) is 22.7 Å². The summed E-state index contributed by atoms with van der Waals surface area (Å²) in [5, 5.41) is 18.5. The fraction of sp³-hybridized carbons (Fsp3) is 0. The zero-order valence-corrected chi connectivity index (χ0v) is 13.4. The maximum atomic E-state index is 13.0. The van der Waals surface area contributed by atoms with E-state index in [0.717, 1.165) is 24.3 Å². The summed E-state index contributed by atoms with van der Waals surface area (Å²) in [4.78, 5) is 21.1. The van der Waals surface area contributed by atoms with Crippen LogP contribution in [0, 0.1) is 0 Å². The second-order valence-electron chi connectivity index (χ2n) is 5.00. The van der Waals surface area contributed by atoms with Crippen molar-refractivity contribution >= 4 is 44.5 Å². The van der Waals surface area contributed by atoms with Crippen LogP contribution in [0.1, 0.15) is 20.7 Å². The van der Waals surface area contributed by atoms with Crippen LogP contribution in [-0.2, 0) is 9.84 Å². The highest BCUT2D eigenvalue weighted by molar-refractivity contribution is 7.92. The summed E-state index contributed by atoms with van der Waals surface area (Å²) in [6, 6.07) is 4.14. The molecule has 2 aromatic rings. The SMILES string of the molecule is Nc1ccc(C(=O)O)c(S(=O)(=O)c2c(C(=O)O)ccc(N)c2N)c1N. The van der Waals surface area contributed by atoms with Crippen LogP contribution in [-0.4, -0.2) is 30.6 Å². The van der Waals surface area contributed by atoms with Crippen LogP contribution in [0.3, 0.4) is 0 Å². The Kier molecular flexibility index (Phi) is 4.20. The van der Waals surface area contributed by atoms with Gasteiger partial charge in [0.05, 0.1) is 33.9 Å². The van der Waals surface area contributed by atoms with Crippen molar-refractivity contribution in [1.29, 1.82) is 0 Å². The zero-order chi connectivity index (χ0) is 19.1. The van der Waals surface area contributed by atoms with Crippen LogP contribution < -0.4 is 22.9 Å². The molecular formula is C14H14N4O6S. The summed E-state index contributed by atoms with van der Waals surface area (Å²) in [6.07, 6.45) is 0. The number of nitrogen functional groups attached to an aromatic ring is 4. The summed E-state index contributed by atoms with van der Waals surface area (Å²) in [7, 11) is -4.77. The number of hydrogen-bond donors (Lipinski definition) is 6. The molecule has 0 aliphatic carbocycles.